The maximum absolute atomic E-state index is 14.0. The van der Waals surface area contributed by atoms with Crippen LogP contribution in [0.2, 0.25) is 5.02 Å². The predicted octanol–water partition coefficient (Wildman–Crippen LogP) is 6.53. The minimum atomic E-state index is -1.12. The van der Waals surface area contributed by atoms with E-state index in [1.54, 1.807) is 43.3 Å². The van der Waals surface area contributed by atoms with Crippen LogP contribution in [0.5, 0.6) is 0 Å². The molecule has 7 nitrogen and oxygen atoms in total. The van der Waals surface area contributed by atoms with Gasteiger partial charge >= 0.3 is 12.1 Å². The van der Waals surface area contributed by atoms with E-state index >= 15 is 0 Å². The van der Waals surface area contributed by atoms with Gasteiger partial charge in [-0.1, -0.05) is 59.2 Å². The number of aliphatic carboxylic acids is 1. The Bertz CT molecular complexity index is 1420. The van der Waals surface area contributed by atoms with E-state index in [4.69, 9.17) is 26.0 Å². The quantitative estimate of drug-likeness (QED) is 0.280. The molecule has 0 spiro atoms. The van der Waals surface area contributed by atoms with E-state index in [1.807, 2.05) is 18.2 Å². The normalized spacial score (nSPS) is 10.8. The molecule has 0 fully saturated rings. The van der Waals surface area contributed by atoms with Crippen LogP contribution in [0, 0.1) is 12.7 Å². The highest BCUT2D eigenvalue weighted by Crippen LogP contribution is 2.34. The molecule has 1 heterocycles. The fourth-order valence-corrected chi connectivity index (χ4v) is 3.93. The highest BCUT2D eigenvalue weighted by atomic mass is 35.5. The van der Waals surface area contributed by atoms with E-state index in [2.05, 4.69) is 10.5 Å². The van der Waals surface area contributed by atoms with Crippen LogP contribution in [-0.2, 0) is 22.4 Å². The number of nitrogens with zero attached hydrogens (tertiary/aromatic N) is 1. The lowest BCUT2D eigenvalue weighted by Crippen LogP contribution is -2.16. The molecule has 2 N–H and O–H groups in total. The first kappa shape index (κ1) is 24.9. The van der Waals surface area contributed by atoms with Gasteiger partial charge in [0, 0.05) is 17.0 Å². The molecule has 0 aliphatic carbocycles. The molecule has 4 rings (SSSR count). The van der Waals surface area contributed by atoms with E-state index in [-0.39, 0.29) is 12.2 Å². The van der Waals surface area contributed by atoms with Gasteiger partial charge in [0.15, 0.2) is 5.76 Å². The lowest BCUT2D eigenvalue weighted by Gasteiger charge is -2.10. The van der Waals surface area contributed by atoms with Crippen LogP contribution in [-0.4, -0.2) is 28.9 Å². The molecule has 0 aliphatic heterocycles. The monoisotopic (exact) mass is 508 g/mol. The first-order valence-electron chi connectivity index (χ1n) is 11.1. The first-order chi connectivity index (χ1) is 17.3. The smallest absolute Gasteiger partial charge is 0.411 e. The van der Waals surface area contributed by atoms with Crippen molar-refractivity contribution in [2.75, 3.05) is 11.9 Å². The molecule has 9 heteroatoms. The molecule has 1 amide bonds. The van der Waals surface area contributed by atoms with Crippen LogP contribution in [0.1, 0.15) is 16.8 Å². The van der Waals surface area contributed by atoms with Gasteiger partial charge in [0.2, 0.25) is 0 Å². The van der Waals surface area contributed by atoms with Crippen LogP contribution in [0.4, 0.5) is 14.9 Å². The second-order valence-corrected chi connectivity index (χ2v) is 8.44. The van der Waals surface area contributed by atoms with E-state index in [0.29, 0.717) is 45.3 Å². The number of ether oxygens (including phenoxy) is 1. The summed E-state index contributed by atoms with van der Waals surface area (Å²) in [6.45, 7) is 1.82. The summed E-state index contributed by atoms with van der Waals surface area (Å²) < 4.78 is 24.8. The fraction of sp³-hybridized carbons (Fsp3) is 0.148. The molecule has 0 bridgehead atoms. The lowest BCUT2D eigenvalue weighted by molar-refractivity contribution is -0.136. The zero-order chi connectivity index (χ0) is 25.7. The fourth-order valence-electron chi connectivity index (χ4n) is 3.70. The third-order valence-electron chi connectivity index (χ3n) is 5.50. The minimum Gasteiger partial charge on any atom is -0.481 e. The Morgan fingerprint density at radius 2 is 1.78 bits per heavy atom. The van der Waals surface area contributed by atoms with Crippen LogP contribution in [0.3, 0.4) is 0 Å². The maximum atomic E-state index is 14.0. The van der Waals surface area contributed by atoms with Gasteiger partial charge in [-0.3, -0.25) is 10.1 Å². The topological polar surface area (TPSA) is 102 Å². The van der Waals surface area contributed by atoms with Gasteiger partial charge in [0.05, 0.1) is 13.0 Å². The zero-order valence-corrected chi connectivity index (χ0v) is 20.0. The standard InChI is InChI=1S/C27H22ClFN2O5/c1-16-25(30-27(34)35-12-11-17-5-2-3-8-22(17)28)26(36-31-16)20-7-4-6-18(13-20)19-9-10-23(29)21(14-19)15-24(32)33/h2-10,13-14H,11-12,15H2,1H3,(H,30,34)(H,32,33). The van der Waals surface area contributed by atoms with Crippen molar-refractivity contribution in [2.45, 2.75) is 19.8 Å². The first-order valence-corrected chi connectivity index (χ1v) is 11.4. The Morgan fingerprint density at radius 1 is 1.03 bits per heavy atom. The summed E-state index contributed by atoms with van der Waals surface area (Å²) in [7, 11) is 0. The molecule has 0 saturated carbocycles. The van der Waals surface area contributed by atoms with Gasteiger partial charge in [-0.2, -0.15) is 0 Å². The molecule has 1 aromatic heterocycles. The average Bonchev–Trinajstić information content (AvgIpc) is 3.21. The van der Waals surface area contributed by atoms with Crippen molar-refractivity contribution < 1.29 is 28.3 Å². The molecule has 4 aromatic rings. The maximum Gasteiger partial charge on any atom is 0.411 e. The lowest BCUT2D eigenvalue weighted by atomic mass is 9.98. The number of aromatic nitrogens is 1. The Morgan fingerprint density at radius 3 is 2.56 bits per heavy atom. The molecule has 36 heavy (non-hydrogen) atoms. The van der Waals surface area contributed by atoms with Gasteiger partial charge in [0.1, 0.15) is 17.2 Å². The third-order valence-corrected chi connectivity index (χ3v) is 5.87. The molecule has 184 valence electrons. The number of hydrogen-bond acceptors (Lipinski definition) is 5. The van der Waals surface area contributed by atoms with Crippen molar-refractivity contribution in [1.82, 2.24) is 5.16 Å². The van der Waals surface area contributed by atoms with Gasteiger partial charge in [-0.25, -0.2) is 9.18 Å². The summed E-state index contributed by atoms with van der Waals surface area (Å²) in [5, 5.41) is 16.3. The number of halogens is 2. The van der Waals surface area contributed by atoms with Gasteiger partial charge in [0.25, 0.3) is 0 Å². The summed E-state index contributed by atoms with van der Waals surface area (Å²) in [5.41, 5.74) is 3.74. The van der Waals surface area contributed by atoms with E-state index in [9.17, 15) is 14.0 Å². The second-order valence-electron chi connectivity index (χ2n) is 8.03. The number of carboxylic acid groups (broad SMARTS) is 1. The molecule has 0 atom stereocenters. The number of nitrogens with one attached hydrogen (secondary N) is 1. The van der Waals surface area contributed by atoms with Crippen molar-refractivity contribution >= 4 is 29.4 Å². The predicted molar refractivity (Wildman–Crippen MR) is 134 cm³/mol. The highest BCUT2D eigenvalue weighted by Gasteiger charge is 2.19. The SMILES string of the molecule is Cc1noc(-c2cccc(-c3ccc(F)c(CC(=O)O)c3)c2)c1NC(=O)OCCc1ccccc1Cl. The molecule has 0 aliphatic rings. The number of amides is 1. The van der Waals surface area contributed by atoms with Crippen LogP contribution < -0.4 is 5.32 Å². The summed E-state index contributed by atoms with van der Waals surface area (Å²) in [5.74, 6) is -1.38. The molecule has 0 saturated heterocycles. The molecular weight excluding hydrogens is 487 g/mol. The minimum absolute atomic E-state index is 0.0859. The number of rotatable bonds is 8. The largest absolute Gasteiger partial charge is 0.481 e. The number of carbonyl (C=O) groups excluding carboxylic acids is 1. The van der Waals surface area contributed by atoms with Gasteiger partial charge < -0.3 is 14.4 Å². The van der Waals surface area contributed by atoms with E-state index in [0.717, 1.165) is 5.56 Å². The number of hydrogen-bond donors (Lipinski definition) is 2. The number of anilines is 1. The van der Waals surface area contributed by atoms with Crippen molar-refractivity contribution in [2.24, 2.45) is 0 Å². The summed E-state index contributed by atoms with van der Waals surface area (Å²) in [4.78, 5) is 23.5. The Hall–Kier alpha value is -4.17. The van der Waals surface area contributed by atoms with Crippen molar-refractivity contribution in [1.29, 1.82) is 0 Å². The molecular formula is C27H22ClFN2O5. The van der Waals surface area contributed by atoms with Crippen molar-refractivity contribution in [3.8, 4) is 22.5 Å². The summed E-state index contributed by atoms with van der Waals surface area (Å²) in [6, 6.07) is 18.8. The van der Waals surface area contributed by atoms with E-state index < -0.39 is 24.3 Å². The Labute approximate surface area is 211 Å². The third kappa shape index (κ3) is 5.90. The number of carbonyl (C=O) groups is 2. The average molecular weight is 509 g/mol. The van der Waals surface area contributed by atoms with Crippen molar-refractivity contribution in [3.63, 3.8) is 0 Å². The highest BCUT2D eigenvalue weighted by molar-refractivity contribution is 6.31. The Kier molecular flexibility index (Phi) is 7.65. The van der Waals surface area contributed by atoms with Crippen LogP contribution >= 0.6 is 11.6 Å². The second kappa shape index (κ2) is 11.0. The van der Waals surface area contributed by atoms with Crippen molar-refractivity contribution in [3.05, 3.63) is 94.4 Å². The Balaban J connectivity index is 1.51. The molecule has 3 aromatic carbocycles. The molecule has 0 unspecified atom stereocenters. The number of aryl methyl sites for hydroxylation is 1. The number of carboxylic acids is 1. The summed E-state index contributed by atoms with van der Waals surface area (Å²) in [6.07, 6.45) is -0.623. The van der Waals surface area contributed by atoms with Crippen LogP contribution in [0.25, 0.3) is 22.5 Å². The zero-order valence-electron chi connectivity index (χ0n) is 19.3. The molecule has 0 radical (unpaired) electrons. The summed E-state index contributed by atoms with van der Waals surface area (Å²) >= 11 is 6.14. The van der Waals surface area contributed by atoms with Gasteiger partial charge in [-0.05, 0) is 53.4 Å². The van der Waals surface area contributed by atoms with E-state index in [1.165, 1.54) is 12.1 Å². The van der Waals surface area contributed by atoms with Gasteiger partial charge in [-0.15, -0.1) is 0 Å². The number of benzene rings is 3. The van der Waals surface area contributed by atoms with Crippen LogP contribution in [0.15, 0.2) is 71.3 Å².